The maximum atomic E-state index is 4.56. The molecule has 2 saturated heterocycles. The van der Waals surface area contributed by atoms with Crippen molar-refractivity contribution >= 4 is 5.82 Å². The first-order chi connectivity index (χ1) is 9.86. The first-order valence-electron chi connectivity index (χ1n) is 7.81. The minimum absolute atomic E-state index is 0.717. The minimum atomic E-state index is 0.717. The van der Waals surface area contributed by atoms with Gasteiger partial charge in [0.2, 0.25) is 0 Å². The van der Waals surface area contributed by atoms with Crippen LogP contribution in [0.3, 0.4) is 0 Å². The van der Waals surface area contributed by atoms with Crippen molar-refractivity contribution in [3.05, 3.63) is 18.1 Å². The molecule has 0 bridgehead atoms. The molecule has 0 amide bonds. The lowest BCUT2D eigenvalue weighted by Crippen LogP contribution is -2.41. The van der Waals surface area contributed by atoms with Gasteiger partial charge in [-0.15, -0.1) is 0 Å². The van der Waals surface area contributed by atoms with Gasteiger partial charge in [0.1, 0.15) is 5.82 Å². The first kappa shape index (κ1) is 13.8. The molecule has 2 aliphatic heterocycles. The maximum absolute atomic E-state index is 4.56. The van der Waals surface area contributed by atoms with Crippen molar-refractivity contribution < 1.29 is 0 Å². The van der Waals surface area contributed by atoms with E-state index in [1.54, 1.807) is 0 Å². The Kier molecular flexibility index (Phi) is 4.47. The highest BCUT2D eigenvalue weighted by atomic mass is 15.3. The average Bonchev–Trinajstić information content (AvgIpc) is 2.99. The number of likely N-dealkylation sites (tertiary alicyclic amines) is 1. The lowest BCUT2D eigenvalue weighted by Gasteiger charge is -2.32. The van der Waals surface area contributed by atoms with E-state index in [-0.39, 0.29) is 0 Å². The molecule has 5 nitrogen and oxygen atoms in total. The molecule has 20 heavy (non-hydrogen) atoms. The van der Waals surface area contributed by atoms with E-state index in [2.05, 4.69) is 25.1 Å². The van der Waals surface area contributed by atoms with E-state index >= 15 is 0 Å². The van der Waals surface area contributed by atoms with Gasteiger partial charge in [-0.05, 0) is 39.4 Å². The second-order valence-electron chi connectivity index (χ2n) is 5.88. The monoisotopic (exact) mass is 275 g/mol. The van der Waals surface area contributed by atoms with Gasteiger partial charge >= 0.3 is 0 Å². The van der Waals surface area contributed by atoms with Crippen LogP contribution in [-0.4, -0.2) is 54.1 Å². The molecule has 3 rings (SSSR count). The number of rotatable bonds is 4. The number of hydrogen-bond acceptors (Lipinski definition) is 5. The van der Waals surface area contributed by atoms with Crippen LogP contribution in [0.5, 0.6) is 0 Å². The van der Waals surface area contributed by atoms with Crippen LogP contribution >= 0.6 is 0 Å². The van der Waals surface area contributed by atoms with Crippen LogP contribution in [0.2, 0.25) is 0 Å². The van der Waals surface area contributed by atoms with Crippen LogP contribution in [0, 0.1) is 0 Å². The van der Waals surface area contributed by atoms with Crippen LogP contribution in [0.25, 0.3) is 0 Å². The van der Waals surface area contributed by atoms with Gasteiger partial charge in [0.05, 0.1) is 18.1 Å². The van der Waals surface area contributed by atoms with Gasteiger partial charge in [0.25, 0.3) is 0 Å². The molecule has 1 aromatic heterocycles. The Labute approximate surface area is 121 Å². The molecule has 0 spiro atoms. The van der Waals surface area contributed by atoms with Gasteiger partial charge < -0.3 is 10.2 Å². The zero-order valence-electron chi connectivity index (χ0n) is 12.4. The number of piperidine rings is 1. The lowest BCUT2D eigenvalue weighted by atomic mass is 10.1. The summed E-state index contributed by atoms with van der Waals surface area (Å²) < 4.78 is 0. The van der Waals surface area contributed by atoms with Crippen molar-refractivity contribution in [3.63, 3.8) is 0 Å². The van der Waals surface area contributed by atoms with E-state index < -0.39 is 0 Å². The zero-order valence-corrected chi connectivity index (χ0v) is 12.4. The van der Waals surface area contributed by atoms with Gasteiger partial charge in [-0.1, -0.05) is 6.42 Å². The molecule has 1 atom stereocenters. The highest BCUT2D eigenvalue weighted by Gasteiger charge is 2.29. The topological polar surface area (TPSA) is 44.3 Å². The Balaban J connectivity index is 1.58. The van der Waals surface area contributed by atoms with Crippen molar-refractivity contribution in [2.24, 2.45) is 0 Å². The molecule has 1 N–H and O–H groups in total. The second kappa shape index (κ2) is 6.50. The summed E-state index contributed by atoms with van der Waals surface area (Å²) in [7, 11) is 1.93. The smallest absolute Gasteiger partial charge is 0.147 e. The summed E-state index contributed by atoms with van der Waals surface area (Å²) in [6.07, 6.45) is 9.22. The fourth-order valence-corrected chi connectivity index (χ4v) is 3.32. The molecule has 2 aliphatic rings. The van der Waals surface area contributed by atoms with E-state index in [9.17, 15) is 0 Å². The summed E-state index contributed by atoms with van der Waals surface area (Å²) in [6, 6.07) is 0.717. The predicted octanol–water partition coefficient (Wildman–Crippen LogP) is 1.26. The molecule has 0 aliphatic carbocycles. The number of nitrogens with zero attached hydrogens (tertiary/aromatic N) is 4. The van der Waals surface area contributed by atoms with E-state index in [4.69, 9.17) is 0 Å². The van der Waals surface area contributed by atoms with Gasteiger partial charge in [-0.3, -0.25) is 9.88 Å². The molecule has 0 aromatic carbocycles. The third kappa shape index (κ3) is 3.10. The van der Waals surface area contributed by atoms with Gasteiger partial charge in [-0.2, -0.15) is 0 Å². The number of anilines is 1. The van der Waals surface area contributed by atoms with Crippen LogP contribution in [0.4, 0.5) is 5.82 Å². The molecule has 110 valence electrons. The summed E-state index contributed by atoms with van der Waals surface area (Å²) in [5.41, 5.74) is 1.00. The Morgan fingerprint density at radius 3 is 2.70 bits per heavy atom. The van der Waals surface area contributed by atoms with E-state index in [1.807, 2.05) is 19.4 Å². The lowest BCUT2D eigenvalue weighted by molar-refractivity contribution is 0.175. The highest BCUT2D eigenvalue weighted by molar-refractivity contribution is 5.37. The normalized spacial score (nSPS) is 24.2. The average molecular weight is 275 g/mol. The molecule has 5 heteroatoms. The number of hydrogen-bond donors (Lipinski definition) is 1. The van der Waals surface area contributed by atoms with Crippen molar-refractivity contribution in [1.29, 1.82) is 0 Å². The number of nitrogens with one attached hydrogen (secondary N) is 1. The van der Waals surface area contributed by atoms with Crippen molar-refractivity contribution in [3.8, 4) is 0 Å². The van der Waals surface area contributed by atoms with Crippen LogP contribution in [0.1, 0.15) is 31.4 Å². The third-order valence-corrected chi connectivity index (χ3v) is 4.44. The summed E-state index contributed by atoms with van der Waals surface area (Å²) in [5.74, 6) is 1.03. The highest BCUT2D eigenvalue weighted by Crippen LogP contribution is 2.23. The molecule has 3 heterocycles. The Hall–Kier alpha value is -1.20. The Morgan fingerprint density at radius 2 is 2.00 bits per heavy atom. The molecule has 0 saturated carbocycles. The first-order valence-corrected chi connectivity index (χ1v) is 7.81. The summed E-state index contributed by atoms with van der Waals surface area (Å²) >= 11 is 0. The molecule has 0 radical (unpaired) electrons. The van der Waals surface area contributed by atoms with Crippen LogP contribution in [-0.2, 0) is 6.54 Å². The minimum Gasteiger partial charge on any atom is -0.354 e. The summed E-state index contributed by atoms with van der Waals surface area (Å²) in [6.45, 7) is 5.57. The van der Waals surface area contributed by atoms with Crippen molar-refractivity contribution in [1.82, 2.24) is 20.2 Å². The van der Waals surface area contributed by atoms with E-state index in [1.165, 1.54) is 38.8 Å². The molecule has 1 aromatic rings. The molecular formula is C15H25N5. The van der Waals surface area contributed by atoms with Crippen LogP contribution in [0.15, 0.2) is 12.4 Å². The SMILES string of the molecule is CNCc1cnc(N2CCC(N3CCCCC3)C2)cn1. The fourth-order valence-electron chi connectivity index (χ4n) is 3.32. The molecule has 1 unspecified atom stereocenters. The Morgan fingerprint density at radius 1 is 1.15 bits per heavy atom. The quantitative estimate of drug-likeness (QED) is 0.896. The second-order valence-corrected chi connectivity index (χ2v) is 5.88. The number of aromatic nitrogens is 2. The fraction of sp³-hybridized carbons (Fsp3) is 0.733. The van der Waals surface area contributed by atoms with Crippen molar-refractivity contribution in [2.45, 2.75) is 38.3 Å². The van der Waals surface area contributed by atoms with Gasteiger partial charge in [-0.25, -0.2) is 4.98 Å². The molecular weight excluding hydrogens is 250 g/mol. The Bertz CT molecular complexity index is 413. The van der Waals surface area contributed by atoms with E-state index in [0.717, 1.165) is 31.1 Å². The predicted molar refractivity (Wildman–Crippen MR) is 80.8 cm³/mol. The van der Waals surface area contributed by atoms with Gasteiger partial charge in [0, 0.05) is 25.7 Å². The summed E-state index contributed by atoms with van der Waals surface area (Å²) in [4.78, 5) is 14.1. The van der Waals surface area contributed by atoms with Gasteiger partial charge in [0.15, 0.2) is 0 Å². The maximum Gasteiger partial charge on any atom is 0.147 e. The standard InChI is InChI=1S/C15H25N5/c1-16-9-13-10-18-15(11-17-13)20-8-5-14(12-20)19-6-3-2-4-7-19/h10-11,14,16H,2-9,12H2,1H3. The van der Waals surface area contributed by atoms with Crippen molar-refractivity contribution in [2.75, 3.05) is 38.1 Å². The zero-order chi connectivity index (χ0) is 13.8. The van der Waals surface area contributed by atoms with Crippen LogP contribution < -0.4 is 10.2 Å². The third-order valence-electron chi connectivity index (χ3n) is 4.44. The summed E-state index contributed by atoms with van der Waals surface area (Å²) in [5, 5.41) is 3.10. The largest absolute Gasteiger partial charge is 0.354 e. The molecule has 2 fully saturated rings. The van der Waals surface area contributed by atoms with E-state index in [0.29, 0.717) is 6.04 Å².